The van der Waals surface area contributed by atoms with Crippen LogP contribution in [0.1, 0.15) is 13.0 Å². The number of carbonyl (C=O) groups is 1. The molecule has 1 amide bonds. The Morgan fingerprint density at radius 2 is 2.00 bits per heavy atom. The highest BCUT2D eigenvalue weighted by Crippen LogP contribution is 2.12. The fraction of sp³-hybridized carbons (Fsp3) is 0.400. The lowest BCUT2D eigenvalue weighted by Gasteiger charge is -2.29. The molecule has 1 fully saturated rings. The van der Waals surface area contributed by atoms with E-state index in [4.69, 9.17) is 4.74 Å². The molecule has 3 rings (SSSR count). The van der Waals surface area contributed by atoms with Crippen LogP contribution < -0.4 is 5.56 Å². The maximum atomic E-state index is 12.5. The summed E-state index contributed by atoms with van der Waals surface area (Å²) in [7, 11) is 0. The Labute approximate surface area is 122 Å². The second-order valence-electron chi connectivity index (χ2n) is 5.09. The van der Waals surface area contributed by atoms with Gasteiger partial charge in [-0.25, -0.2) is 4.98 Å². The van der Waals surface area contributed by atoms with E-state index in [0.29, 0.717) is 37.2 Å². The number of para-hydroxylation sites is 1. The fourth-order valence-electron chi connectivity index (χ4n) is 2.53. The normalized spacial score (nSPS) is 16.9. The molecule has 6 heteroatoms. The lowest BCUT2D eigenvalue weighted by molar-refractivity contribution is -0.138. The highest BCUT2D eigenvalue weighted by Gasteiger charge is 2.24. The van der Waals surface area contributed by atoms with Crippen LogP contribution in [-0.2, 0) is 9.53 Å². The van der Waals surface area contributed by atoms with Gasteiger partial charge in [0.25, 0.3) is 5.56 Å². The summed E-state index contributed by atoms with van der Waals surface area (Å²) >= 11 is 0. The van der Waals surface area contributed by atoms with Crippen molar-refractivity contribution in [1.82, 2.24) is 14.5 Å². The summed E-state index contributed by atoms with van der Waals surface area (Å²) in [5, 5.41) is 0.529. The van der Waals surface area contributed by atoms with Crippen molar-refractivity contribution in [2.75, 3.05) is 26.3 Å². The smallest absolute Gasteiger partial charge is 0.261 e. The molecule has 0 radical (unpaired) electrons. The van der Waals surface area contributed by atoms with Gasteiger partial charge in [0, 0.05) is 13.1 Å². The van der Waals surface area contributed by atoms with E-state index in [1.807, 2.05) is 6.07 Å². The molecule has 0 bridgehead atoms. The van der Waals surface area contributed by atoms with Gasteiger partial charge in [-0.1, -0.05) is 12.1 Å². The summed E-state index contributed by atoms with van der Waals surface area (Å²) in [4.78, 5) is 30.9. The fourth-order valence-corrected chi connectivity index (χ4v) is 2.53. The second kappa shape index (κ2) is 5.65. The number of hydrogen-bond donors (Lipinski definition) is 0. The lowest BCUT2D eigenvalue weighted by Crippen LogP contribution is -2.45. The van der Waals surface area contributed by atoms with Crippen molar-refractivity contribution in [3.05, 3.63) is 40.9 Å². The Bertz CT molecular complexity index is 719. The van der Waals surface area contributed by atoms with E-state index in [9.17, 15) is 9.59 Å². The molecule has 0 spiro atoms. The zero-order valence-electron chi connectivity index (χ0n) is 11.9. The van der Waals surface area contributed by atoms with Crippen LogP contribution in [0.25, 0.3) is 10.9 Å². The molecular formula is C15H17N3O3. The second-order valence-corrected chi connectivity index (χ2v) is 5.09. The van der Waals surface area contributed by atoms with Crippen molar-refractivity contribution in [1.29, 1.82) is 0 Å². The Kier molecular flexibility index (Phi) is 3.70. The Morgan fingerprint density at radius 3 is 2.76 bits per heavy atom. The maximum Gasteiger partial charge on any atom is 0.261 e. The zero-order chi connectivity index (χ0) is 14.8. The summed E-state index contributed by atoms with van der Waals surface area (Å²) in [5.74, 6) is -0.0718. The molecule has 1 atom stereocenters. The van der Waals surface area contributed by atoms with Crippen molar-refractivity contribution in [2.45, 2.75) is 13.0 Å². The molecule has 1 aliphatic rings. The van der Waals surface area contributed by atoms with Gasteiger partial charge >= 0.3 is 0 Å². The molecule has 110 valence electrons. The van der Waals surface area contributed by atoms with Crippen LogP contribution in [0.15, 0.2) is 35.4 Å². The standard InChI is InChI=1S/C15H17N3O3/c1-11(14(19)17-6-8-21-9-7-17)18-10-16-13-5-3-2-4-12(13)15(18)20/h2-5,10-11H,6-9H2,1H3. The van der Waals surface area contributed by atoms with Crippen molar-refractivity contribution in [3.8, 4) is 0 Å². The summed E-state index contributed by atoms with van der Waals surface area (Å²) in [6, 6.07) is 6.58. The number of carbonyl (C=O) groups excluding carboxylic acids is 1. The van der Waals surface area contributed by atoms with Crippen LogP contribution in [-0.4, -0.2) is 46.7 Å². The number of fused-ring (bicyclic) bond motifs is 1. The Morgan fingerprint density at radius 1 is 1.29 bits per heavy atom. The minimum absolute atomic E-state index is 0.0718. The average molecular weight is 287 g/mol. The minimum Gasteiger partial charge on any atom is -0.378 e. The van der Waals surface area contributed by atoms with Crippen LogP contribution in [0.2, 0.25) is 0 Å². The van der Waals surface area contributed by atoms with Crippen LogP contribution in [0, 0.1) is 0 Å². The van der Waals surface area contributed by atoms with Crippen molar-refractivity contribution in [2.24, 2.45) is 0 Å². The first-order chi connectivity index (χ1) is 10.2. The first-order valence-electron chi connectivity index (χ1n) is 7.01. The zero-order valence-corrected chi connectivity index (χ0v) is 11.9. The molecule has 21 heavy (non-hydrogen) atoms. The van der Waals surface area contributed by atoms with Crippen LogP contribution in [0.5, 0.6) is 0 Å². The highest BCUT2D eigenvalue weighted by atomic mass is 16.5. The summed E-state index contributed by atoms with van der Waals surface area (Å²) in [6.45, 7) is 3.96. The number of aromatic nitrogens is 2. The Hall–Kier alpha value is -2.21. The molecule has 1 aromatic heterocycles. The predicted octanol–water partition coefficient (Wildman–Crippen LogP) is 0.816. The molecule has 6 nitrogen and oxygen atoms in total. The number of hydrogen-bond acceptors (Lipinski definition) is 4. The Balaban J connectivity index is 1.94. The molecule has 2 aromatic rings. The molecule has 0 aliphatic carbocycles. The number of ether oxygens (including phenoxy) is 1. The van der Waals surface area contributed by atoms with E-state index in [1.54, 1.807) is 30.0 Å². The van der Waals surface area contributed by atoms with Gasteiger partial charge in [-0.05, 0) is 19.1 Å². The van der Waals surface area contributed by atoms with E-state index >= 15 is 0 Å². The minimum atomic E-state index is -0.562. The van der Waals surface area contributed by atoms with Crippen LogP contribution >= 0.6 is 0 Å². The molecule has 1 aliphatic heterocycles. The van der Waals surface area contributed by atoms with Gasteiger partial charge in [0.15, 0.2) is 0 Å². The molecular weight excluding hydrogens is 270 g/mol. The number of benzene rings is 1. The molecule has 0 saturated carbocycles. The van der Waals surface area contributed by atoms with Crippen molar-refractivity contribution >= 4 is 16.8 Å². The van der Waals surface area contributed by atoms with E-state index in [1.165, 1.54) is 10.9 Å². The number of rotatable bonds is 2. The quantitative estimate of drug-likeness (QED) is 0.820. The van der Waals surface area contributed by atoms with E-state index in [-0.39, 0.29) is 11.5 Å². The lowest BCUT2D eigenvalue weighted by atomic mass is 10.2. The van der Waals surface area contributed by atoms with Gasteiger partial charge in [0.05, 0.1) is 30.4 Å². The maximum absolute atomic E-state index is 12.5. The number of amides is 1. The SMILES string of the molecule is CC(C(=O)N1CCOCC1)n1cnc2ccccc2c1=O. The van der Waals surface area contributed by atoms with Gasteiger partial charge in [-0.2, -0.15) is 0 Å². The van der Waals surface area contributed by atoms with Gasteiger partial charge in [0.2, 0.25) is 5.91 Å². The van der Waals surface area contributed by atoms with Gasteiger partial charge in [-0.15, -0.1) is 0 Å². The topological polar surface area (TPSA) is 64.4 Å². The predicted molar refractivity (Wildman–Crippen MR) is 78.1 cm³/mol. The van der Waals surface area contributed by atoms with Gasteiger partial charge in [0.1, 0.15) is 6.04 Å². The first kappa shape index (κ1) is 13.8. The molecule has 1 saturated heterocycles. The van der Waals surface area contributed by atoms with E-state index in [2.05, 4.69) is 4.98 Å². The number of nitrogens with zero attached hydrogens (tertiary/aromatic N) is 3. The molecule has 1 unspecified atom stereocenters. The third kappa shape index (κ3) is 2.54. The van der Waals surface area contributed by atoms with Crippen LogP contribution in [0.4, 0.5) is 0 Å². The number of morpholine rings is 1. The third-order valence-corrected chi connectivity index (χ3v) is 3.79. The van der Waals surface area contributed by atoms with E-state index in [0.717, 1.165) is 0 Å². The van der Waals surface area contributed by atoms with Crippen LogP contribution in [0.3, 0.4) is 0 Å². The van der Waals surface area contributed by atoms with Gasteiger partial charge in [-0.3, -0.25) is 14.2 Å². The summed E-state index contributed by atoms with van der Waals surface area (Å²) in [6.07, 6.45) is 1.45. The molecule has 2 heterocycles. The highest BCUT2D eigenvalue weighted by molar-refractivity contribution is 5.81. The molecule has 1 aromatic carbocycles. The van der Waals surface area contributed by atoms with Gasteiger partial charge < -0.3 is 9.64 Å². The van der Waals surface area contributed by atoms with E-state index < -0.39 is 6.04 Å². The largest absolute Gasteiger partial charge is 0.378 e. The first-order valence-corrected chi connectivity index (χ1v) is 7.01. The average Bonchev–Trinajstić information content (AvgIpc) is 2.55. The van der Waals surface area contributed by atoms with Crippen molar-refractivity contribution < 1.29 is 9.53 Å². The monoisotopic (exact) mass is 287 g/mol. The third-order valence-electron chi connectivity index (χ3n) is 3.79. The van der Waals surface area contributed by atoms with Crippen molar-refractivity contribution in [3.63, 3.8) is 0 Å². The summed E-state index contributed by atoms with van der Waals surface area (Å²) in [5.41, 5.74) is 0.458. The summed E-state index contributed by atoms with van der Waals surface area (Å²) < 4.78 is 6.64. The molecule has 0 N–H and O–H groups in total.